The maximum Gasteiger partial charge on any atom is 0.463 e. The summed E-state index contributed by atoms with van der Waals surface area (Å²) in [7, 11) is 0. The van der Waals surface area contributed by atoms with Crippen LogP contribution in [0.4, 0.5) is 22.0 Å². The summed E-state index contributed by atoms with van der Waals surface area (Å²) in [5.41, 5.74) is 0. The Bertz CT molecular complexity index is 409. The van der Waals surface area contributed by atoms with E-state index in [4.69, 9.17) is 5.11 Å². The molecule has 21 heavy (non-hydrogen) atoms. The Morgan fingerprint density at radius 1 is 1.19 bits per heavy atom. The maximum atomic E-state index is 12.7. The van der Waals surface area contributed by atoms with E-state index in [0.29, 0.717) is 6.42 Å². The molecule has 0 saturated carbocycles. The molecule has 1 atom stereocenters. The lowest BCUT2D eigenvalue weighted by Crippen LogP contribution is -2.55. The number of ether oxygens (including phenoxy) is 1. The molecule has 2 N–H and O–H groups in total. The molecule has 1 unspecified atom stereocenters. The Kier molecular flexibility index (Phi) is 6.52. The summed E-state index contributed by atoms with van der Waals surface area (Å²) in [6, 6.07) is -2.14. The summed E-state index contributed by atoms with van der Waals surface area (Å²) in [6.07, 6.45) is -7.06. The van der Waals surface area contributed by atoms with E-state index in [9.17, 15) is 36.3 Å². The molecule has 11 heteroatoms. The van der Waals surface area contributed by atoms with Crippen molar-refractivity contribution in [2.45, 2.75) is 37.9 Å². The molecule has 0 aromatic carbocycles. The molecule has 0 spiro atoms. The summed E-state index contributed by atoms with van der Waals surface area (Å²) < 4.78 is 65.7. The molecule has 0 saturated heterocycles. The third-order valence-corrected chi connectivity index (χ3v) is 2.06. The molecule has 1 amide bonds. The number of alkyl halides is 5. The first-order chi connectivity index (χ1) is 9.43. The summed E-state index contributed by atoms with van der Waals surface area (Å²) in [6.45, 7) is 1.36. The molecule has 0 radical (unpaired) electrons. The zero-order chi connectivity index (χ0) is 16.8. The Hall–Kier alpha value is -1.94. The Balaban J connectivity index is 5.01. The van der Waals surface area contributed by atoms with Crippen LogP contribution in [0.3, 0.4) is 0 Å². The first kappa shape index (κ1) is 19.1. The lowest BCUT2D eigenvalue weighted by molar-refractivity contribution is -0.270. The van der Waals surface area contributed by atoms with Crippen molar-refractivity contribution in [3.8, 4) is 0 Å². The lowest BCUT2D eigenvalue weighted by Gasteiger charge is -2.22. The van der Waals surface area contributed by atoms with Crippen molar-refractivity contribution in [3.63, 3.8) is 0 Å². The number of hydrogen-bond donors (Lipinski definition) is 2. The molecule has 0 aromatic rings. The largest absolute Gasteiger partial charge is 0.481 e. The van der Waals surface area contributed by atoms with Crippen LogP contribution in [0.2, 0.25) is 0 Å². The number of carboxylic acids is 1. The van der Waals surface area contributed by atoms with E-state index in [0.717, 1.165) is 5.32 Å². The predicted molar refractivity (Wildman–Crippen MR) is 56.4 cm³/mol. The van der Waals surface area contributed by atoms with E-state index in [1.165, 1.54) is 0 Å². The average molecular weight is 321 g/mol. The number of rotatable bonds is 7. The molecule has 0 aliphatic rings. The van der Waals surface area contributed by atoms with Gasteiger partial charge in [-0.2, -0.15) is 22.0 Å². The molecular formula is C10H12F5NO5. The van der Waals surface area contributed by atoms with E-state index < -0.39 is 42.4 Å². The second-order valence-electron chi connectivity index (χ2n) is 3.86. The number of amides is 1. The molecule has 0 aliphatic carbocycles. The average Bonchev–Trinajstić information content (AvgIpc) is 2.32. The van der Waals surface area contributed by atoms with Crippen LogP contribution >= 0.6 is 0 Å². The third kappa shape index (κ3) is 5.52. The van der Waals surface area contributed by atoms with Crippen molar-refractivity contribution in [1.29, 1.82) is 0 Å². The fourth-order valence-corrected chi connectivity index (χ4v) is 1.05. The fourth-order valence-electron chi connectivity index (χ4n) is 1.05. The molecule has 0 aliphatic heterocycles. The monoisotopic (exact) mass is 321 g/mol. The van der Waals surface area contributed by atoms with Crippen LogP contribution in [0.15, 0.2) is 0 Å². The minimum absolute atomic E-state index is 0.208. The molecule has 122 valence electrons. The summed E-state index contributed by atoms with van der Waals surface area (Å²) >= 11 is 0. The van der Waals surface area contributed by atoms with Gasteiger partial charge in [0.05, 0.1) is 13.0 Å². The minimum atomic E-state index is -6.17. The molecule has 0 heterocycles. The van der Waals surface area contributed by atoms with Crippen LogP contribution < -0.4 is 5.32 Å². The van der Waals surface area contributed by atoms with Crippen LogP contribution in [0, 0.1) is 0 Å². The minimum Gasteiger partial charge on any atom is -0.481 e. The zero-order valence-electron chi connectivity index (χ0n) is 10.7. The highest BCUT2D eigenvalue weighted by Gasteiger charge is 2.63. The van der Waals surface area contributed by atoms with Crippen molar-refractivity contribution >= 4 is 17.8 Å². The normalized spacial score (nSPS) is 13.4. The van der Waals surface area contributed by atoms with Gasteiger partial charge in [-0.15, -0.1) is 0 Å². The highest BCUT2D eigenvalue weighted by Crippen LogP contribution is 2.35. The van der Waals surface area contributed by atoms with E-state index in [2.05, 4.69) is 4.74 Å². The van der Waals surface area contributed by atoms with Gasteiger partial charge >= 0.3 is 29.9 Å². The van der Waals surface area contributed by atoms with Gasteiger partial charge in [0.25, 0.3) is 0 Å². The van der Waals surface area contributed by atoms with Gasteiger partial charge in [0, 0.05) is 0 Å². The quantitative estimate of drug-likeness (QED) is 0.541. The van der Waals surface area contributed by atoms with Crippen molar-refractivity contribution in [2.75, 3.05) is 6.61 Å². The smallest absolute Gasteiger partial charge is 0.463 e. The Labute approximate surface area is 115 Å². The fraction of sp³-hybridized carbons (Fsp3) is 0.700. The van der Waals surface area contributed by atoms with Gasteiger partial charge < -0.3 is 15.2 Å². The van der Waals surface area contributed by atoms with Crippen LogP contribution in [0.5, 0.6) is 0 Å². The first-order valence-corrected chi connectivity index (χ1v) is 5.57. The highest BCUT2D eigenvalue weighted by molar-refractivity contribution is 5.91. The number of carboxylic acid groups (broad SMARTS) is 1. The number of esters is 1. The molecule has 0 bridgehead atoms. The van der Waals surface area contributed by atoms with Crippen molar-refractivity contribution < 1.29 is 46.2 Å². The zero-order valence-corrected chi connectivity index (χ0v) is 10.7. The molecular weight excluding hydrogens is 309 g/mol. The standard InChI is InChI=1S/C10H12F5NO5/c1-2-3-21-7(19)5(4-6(17)18)16-8(20)9(11,12)10(13,14)15/h5H,2-4H2,1H3,(H,16,20)(H,17,18). The van der Waals surface area contributed by atoms with Gasteiger partial charge in [-0.05, 0) is 6.42 Å². The van der Waals surface area contributed by atoms with Crippen LogP contribution in [0.1, 0.15) is 19.8 Å². The SMILES string of the molecule is CCCOC(=O)C(CC(=O)O)NC(=O)C(F)(F)C(F)(F)F. The van der Waals surface area contributed by atoms with Gasteiger partial charge in [0.15, 0.2) is 0 Å². The Morgan fingerprint density at radius 3 is 2.10 bits per heavy atom. The van der Waals surface area contributed by atoms with Gasteiger partial charge in [0.2, 0.25) is 0 Å². The number of aliphatic carboxylic acids is 1. The second kappa shape index (κ2) is 7.18. The highest BCUT2D eigenvalue weighted by atomic mass is 19.4. The second-order valence-corrected chi connectivity index (χ2v) is 3.86. The van der Waals surface area contributed by atoms with Gasteiger partial charge in [-0.25, -0.2) is 4.79 Å². The van der Waals surface area contributed by atoms with Crippen molar-refractivity contribution in [2.24, 2.45) is 0 Å². The maximum absolute atomic E-state index is 12.7. The topological polar surface area (TPSA) is 92.7 Å². The predicted octanol–water partition coefficient (Wildman–Crippen LogP) is 1.10. The molecule has 6 nitrogen and oxygen atoms in total. The number of carbonyl (C=O) groups excluding carboxylic acids is 2. The van der Waals surface area contributed by atoms with Gasteiger partial charge in [0.1, 0.15) is 6.04 Å². The van der Waals surface area contributed by atoms with Crippen molar-refractivity contribution in [1.82, 2.24) is 5.32 Å². The summed E-state index contributed by atoms with van der Waals surface area (Å²) in [5.74, 6) is -11.7. The van der Waals surface area contributed by atoms with Crippen LogP contribution in [-0.2, 0) is 19.1 Å². The Morgan fingerprint density at radius 2 is 1.71 bits per heavy atom. The van der Waals surface area contributed by atoms with E-state index in [1.807, 2.05) is 0 Å². The molecule has 0 rings (SSSR count). The van der Waals surface area contributed by atoms with E-state index >= 15 is 0 Å². The van der Waals surface area contributed by atoms with Crippen LogP contribution in [0.25, 0.3) is 0 Å². The van der Waals surface area contributed by atoms with Gasteiger partial charge in [-0.3, -0.25) is 9.59 Å². The van der Waals surface area contributed by atoms with Crippen LogP contribution in [-0.4, -0.2) is 47.7 Å². The van der Waals surface area contributed by atoms with E-state index in [1.54, 1.807) is 6.92 Å². The first-order valence-electron chi connectivity index (χ1n) is 5.57. The number of hydrogen-bond acceptors (Lipinski definition) is 4. The summed E-state index contributed by atoms with van der Waals surface area (Å²) in [4.78, 5) is 32.7. The van der Waals surface area contributed by atoms with Crippen molar-refractivity contribution in [3.05, 3.63) is 0 Å². The van der Waals surface area contributed by atoms with Gasteiger partial charge in [-0.1, -0.05) is 6.92 Å². The summed E-state index contributed by atoms with van der Waals surface area (Å²) in [5, 5.41) is 9.50. The lowest BCUT2D eigenvalue weighted by atomic mass is 10.2. The number of nitrogens with one attached hydrogen (secondary N) is 1. The van der Waals surface area contributed by atoms with E-state index in [-0.39, 0.29) is 6.61 Å². The number of halogens is 5. The number of carbonyl (C=O) groups is 3. The third-order valence-electron chi connectivity index (χ3n) is 2.06. The molecule has 0 fully saturated rings. The molecule has 0 aromatic heterocycles.